The first-order valence-electron chi connectivity index (χ1n) is 11.4. The van der Waals surface area contributed by atoms with Gasteiger partial charge >= 0.3 is 6.18 Å². The lowest BCUT2D eigenvalue weighted by atomic mass is 10.0. The fourth-order valence-electron chi connectivity index (χ4n) is 3.91. The summed E-state index contributed by atoms with van der Waals surface area (Å²) in [6.45, 7) is 5.01. The minimum absolute atomic E-state index is 0.0121. The molecule has 0 aliphatic carbocycles. The molecule has 0 aliphatic rings. The fraction of sp³-hybridized carbons (Fsp3) is 0.222. The van der Waals surface area contributed by atoms with Gasteiger partial charge in [0.2, 0.25) is 5.91 Å². The number of benzene rings is 2. The van der Waals surface area contributed by atoms with Gasteiger partial charge in [0.1, 0.15) is 18.7 Å². The van der Waals surface area contributed by atoms with E-state index >= 15 is 0 Å². The normalized spacial score (nSPS) is 12.0. The van der Waals surface area contributed by atoms with Gasteiger partial charge in [-0.25, -0.2) is 9.97 Å². The second-order valence-electron chi connectivity index (χ2n) is 9.69. The van der Waals surface area contributed by atoms with Gasteiger partial charge in [-0.3, -0.25) is 19.0 Å². The maximum absolute atomic E-state index is 13.7. The summed E-state index contributed by atoms with van der Waals surface area (Å²) in [5, 5.41) is 3.17. The smallest absolute Gasteiger partial charge is 0.350 e. The van der Waals surface area contributed by atoms with Crippen LogP contribution < -0.4 is 10.9 Å². The van der Waals surface area contributed by atoms with Gasteiger partial charge in [0.15, 0.2) is 5.65 Å². The lowest BCUT2D eigenvalue weighted by Gasteiger charge is -2.21. The van der Waals surface area contributed by atoms with Gasteiger partial charge in [-0.2, -0.15) is 13.2 Å². The van der Waals surface area contributed by atoms with Gasteiger partial charge in [0, 0.05) is 33.4 Å². The van der Waals surface area contributed by atoms with E-state index in [0.717, 1.165) is 12.1 Å². The number of rotatable bonds is 5. The van der Waals surface area contributed by atoms with Gasteiger partial charge in [0.25, 0.3) is 5.56 Å². The van der Waals surface area contributed by atoms with E-state index in [9.17, 15) is 27.6 Å². The highest BCUT2D eigenvalue weighted by Crippen LogP contribution is 2.33. The van der Waals surface area contributed by atoms with Crippen molar-refractivity contribution in [2.45, 2.75) is 39.0 Å². The number of nitrogens with one attached hydrogen (secondary N) is 1. The summed E-state index contributed by atoms with van der Waals surface area (Å²) in [6, 6.07) is 10.8. The number of nitrogens with zero attached hydrogens (tertiary/aromatic N) is 3. The van der Waals surface area contributed by atoms with Crippen molar-refractivity contribution in [3.63, 3.8) is 0 Å². The SMILES string of the molecule is CC(C)(C)NC(=O)Cn1c(-c2cccc(Cl)c2)nc2ncc(-c3cc(C=O)cc(C(F)(F)F)c3)cc2c1=O. The molecule has 11 heteroatoms. The fourth-order valence-corrected chi connectivity index (χ4v) is 4.10. The second kappa shape index (κ2) is 10.0. The van der Waals surface area contributed by atoms with Crippen molar-refractivity contribution < 1.29 is 22.8 Å². The van der Waals surface area contributed by atoms with Crippen molar-refractivity contribution in [2.75, 3.05) is 0 Å². The molecule has 196 valence electrons. The number of alkyl halides is 3. The minimum atomic E-state index is -4.68. The van der Waals surface area contributed by atoms with E-state index in [1.54, 1.807) is 45.0 Å². The van der Waals surface area contributed by atoms with E-state index in [-0.39, 0.29) is 40.1 Å². The Bertz CT molecular complexity index is 1630. The van der Waals surface area contributed by atoms with Crippen LogP contribution in [0, 0.1) is 0 Å². The molecular weight excluding hydrogens is 521 g/mol. The van der Waals surface area contributed by atoms with E-state index < -0.39 is 28.7 Å². The van der Waals surface area contributed by atoms with E-state index in [1.807, 2.05) is 0 Å². The number of aldehydes is 1. The zero-order valence-corrected chi connectivity index (χ0v) is 21.3. The number of amides is 1. The van der Waals surface area contributed by atoms with Crippen molar-refractivity contribution in [3.8, 4) is 22.5 Å². The zero-order valence-electron chi connectivity index (χ0n) is 20.6. The summed E-state index contributed by atoms with van der Waals surface area (Å²) < 4.78 is 41.4. The Morgan fingerprint density at radius 3 is 2.42 bits per heavy atom. The highest BCUT2D eigenvalue weighted by molar-refractivity contribution is 6.30. The Balaban J connectivity index is 1.93. The van der Waals surface area contributed by atoms with Crippen LogP contribution in [0.15, 0.2) is 59.5 Å². The number of fused-ring (bicyclic) bond motifs is 1. The van der Waals surface area contributed by atoms with E-state index in [2.05, 4.69) is 15.3 Å². The van der Waals surface area contributed by atoms with Crippen LogP contribution in [-0.2, 0) is 17.5 Å². The van der Waals surface area contributed by atoms with Crippen molar-refractivity contribution in [2.24, 2.45) is 0 Å². The first-order valence-corrected chi connectivity index (χ1v) is 11.8. The molecule has 0 radical (unpaired) electrons. The molecule has 4 aromatic rings. The monoisotopic (exact) mass is 542 g/mol. The second-order valence-corrected chi connectivity index (χ2v) is 10.1. The number of carbonyl (C=O) groups excluding carboxylic acids is 2. The third-order valence-electron chi connectivity index (χ3n) is 5.46. The van der Waals surface area contributed by atoms with Crippen LogP contribution in [0.2, 0.25) is 5.02 Å². The Morgan fingerprint density at radius 2 is 1.79 bits per heavy atom. The highest BCUT2D eigenvalue weighted by Gasteiger charge is 2.31. The molecule has 0 fully saturated rings. The van der Waals surface area contributed by atoms with E-state index in [4.69, 9.17) is 11.6 Å². The molecule has 0 aliphatic heterocycles. The van der Waals surface area contributed by atoms with Gasteiger partial charge < -0.3 is 5.32 Å². The van der Waals surface area contributed by atoms with Crippen LogP contribution in [0.5, 0.6) is 0 Å². The molecule has 0 bridgehead atoms. The van der Waals surface area contributed by atoms with Crippen molar-refractivity contribution in [3.05, 3.63) is 81.2 Å². The predicted octanol–water partition coefficient (Wildman–Crippen LogP) is 5.52. The molecule has 0 unspecified atom stereocenters. The van der Waals surface area contributed by atoms with Crippen molar-refractivity contribution >= 4 is 34.8 Å². The quantitative estimate of drug-likeness (QED) is 0.335. The van der Waals surface area contributed by atoms with Crippen molar-refractivity contribution in [1.82, 2.24) is 19.9 Å². The van der Waals surface area contributed by atoms with Crippen molar-refractivity contribution in [1.29, 1.82) is 0 Å². The molecule has 0 saturated carbocycles. The van der Waals surface area contributed by atoms with Crippen LogP contribution in [0.1, 0.15) is 36.7 Å². The van der Waals surface area contributed by atoms with Crippen LogP contribution in [0.3, 0.4) is 0 Å². The highest BCUT2D eigenvalue weighted by atomic mass is 35.5. The number of pyridine rings is 1. The Kier molecular flexibility index (Phi) is 7.12. The topological polar surface area (TPSA) is 93.9 Å². The number of carbonyl (C=O) groups is 2. The lowest BCUT2D eigenvalue weighted by molar-refractivity contribution is -0.137. The molecule has 0 atom stereocenters. The molecule has 38 heavy (non-hydrogen) atoms. The minimum Gasteiger partial charge on any atom is -0.350 e. The van der Waals surface area contributed by atoms with E-state index in [1.165, 1.54) is 22.9 Å². The Morgan fingerprint density at radius 1 is 1.05 bits per heavy atom. The Labute approximate surface area is 220 Å². The largest absolute Gasteiger partial charge is 0.416 e. The maximum Gasteiger partial charge on any atom is 0.416 e. The molecule has 2 aromatic heterocycles. The first kappa shape index (κ1) is 27.0. The van der Waals surface area contributed by atoms with E-state index in [0.29, 0.717) is 16.9 Å². The average molecular weight is 543 g/mol. The molecule has 1 amide bonds. The third kappa shape index (κ3) is 5.91. The maximum atomic E-state index is 13.7. The predicted molar refractivity (Wildman–Crippen MR) is 138 cm³/mol. The summed E-state index contributed by atoms with van der Waals surface area (Å²) in [6.07, 6.45) is -3.09. The molecule has 1 N–H and O–H groups in total. The number of hydrogen-bond acceptors (Lipinski definition) is 5. The zero-order chi connectivity index (χ0) is 27.8. The third-order valence-corrected chi connectivity index (χ3v) is 5.70. The lowest BCUT2D eigenvalue weighted by Crippen LogP contribution is -2.43. The molecule has 0 saturated heterocycles. The van der Waals surface area contributed by atoms with Crippen LogP contribution in [-0.4, -0.2) is 32.3 Å². The average Bonchev–Trinajstić information content (AvgIpc) is 2.83. The Hall–Kier alpha value is -4.05. The van der Waals surface area contributed by atoms with Gasteiger partial charge in [-0.1, -0.05) is 23.7 Å². The molecular formula is C27H22ClF3N4O3. The van der Waals surface area contributed by atoms with Gasteiger partial charge in [-0.15, -0.1) is 0 Å². The van der Waals surface area contributed by atoms with Crippen LogP contribution in [0.4, 0.5) is 13.2 Å². The summed E-state index contributed by atoms with van der Waals surface area (Å²) >= 11 is 6.14. The number of halogens is 4. The summed E-state index contributed by atoms with van der Waals surface area (Å²) in [5.41, 5.74) is -1.65. The standard InChI is InChI=1S/C27H22ClF3N4O3/c1-26(2,3)34-22(37)13-35-24(16-5-4-6-20(28)10-16)33-23-21(25(35)38)11-18(12-32-23)17-7-15(14-36)8-19(9-17)27(29,30)31/h4-12,14H,13H2,1-3H3,(H,34,37). The van der Waals surface area contributed by atoms with Gasteiger partial charge in [0.05, 0.1) is 10.9 Å². The molecule has 7 nitrogen and oxygen atoms in total. The van der Waals surface area contributed by atoms with Crippen LogP contribution >= 0.6 is 11.6 Å². The summed E-state index contributed by atoms with van der Waals surface area (Å²) in [7, 11) is 0. The first-order chi connectivity index (χ1) is 17.7. The molecule has 2 aromatic carbocycles. The molecule has 2 heterocycles. The molecule has 0 spiro atoms. The van der Waals surface area contributed by atoms with Crippen LogP contribution in [0.25, 0.3) is 33.5 Å². The summed E-state index contributed by atoms with van der Waals surface area (Å²) in [4.78, 5) is 46.5. The molecule has 4 rings (SSSR count). The van der Waals surface area contributed by atoms with Gasteiger partial charge in [-0.05, 0) is 62.7 Å². The number of aromatic nitrogens is 3. The number of hydrogen-bond donors (Lipinski definition) is 1. The summed E-state index contributed by atoms with van der Waals surface area (Å²) in [5.74, 6) is -0.293.